The fourth-order valence-corrected chi connectivity index (χ4v) is 2.37. The fourth-order valence-electron chi connectivity index (χ4n) is 2.37. The Balaban J connectivity index is 2.24. The molecule has 1 atom stereocenters. The summed E-state index contributed by atoms with van der Waals surface area (Å²) in [4.78, 5) is 12.5. The molecule has 130 valence electrons. The van der Waals surface area contributed by atoms with Crippen molar-refractivity contribution in [1.29, 1.82) is 0 Å². The zero-order valence-corrected chi connectivity index (χ0v) is 14.3. The second kappa shape index (κ2) is 7.72. The van der Waals surface area contributed by atoms with Gasteiger partial charge < -0.3 is 19.4 Å². The van der Waals surface area contributed by atoms with Crippen molar-refractivity contribution in [1.82, 2.24) is 9.94 Å². The average molecular weight is 334 g/mol. The van der Waals surface area contributed by atoms with Gasteiger partial charge in [-0.25, -0.2) is 0 Å². The van der Waals surface area contributed by atoms with Crippen molar-refractivity contribution >= 4 is 5.97 Å². The van der Waals surface area contributed by atoms with Gasteiger partial charge in [-0.3, -0.25) is 4.79 Å². The van der Waals surface area contributed by atoms with Crippen molar-refractivity contribution in [3.8, 4) is 22.8 Å². The second-order valence-electron chi connectivity index (χ2n) is 5.34. The highest BCUT2D eigenvalue weighted by molar-refractivity contribution is 5.72. The van der Waals surface area contributed by atoms with E-state index in [9.17, 15) is 10.0 Å². The van der Waals surface area contributed by atoms with Crippen LogP contribution in [0, 0.1) is 5.92 Å². The lowest BCUT2D eigenvalue weighted by molar-refractivity contribution is -0.147. The summed E-state index contributed by atoms with van der Waals surface area (Å²) >= 11 is 0. The van der Waals surface area contributed by atoms with Crippen LogP contribution in [0.2, 0.25) is 0 Å². The molecular weight excluding hydrogens is 312 g/mol. The Kier molecular flexibility index (Phi) is 5.68. The van der Waals surface area contributed by atoms with E-state index in [1.165, 1.54) is 0 Å². The highest BCUT2D eigenvalue weighted by Crippen LogP contribution is 2.32. The minimum atomic E-state index is -0.370. The van der Waals surface area contributed by atoms with Gasteiger partial charge in [0.1, 0.15) is 0 Å². The minimum absolute atomic E-state index is 0.300. The largest absolute Gasteiger partial charge is 0.493 e. The molecule has 7 nitrogen and oxygen atoms in total. The van der Waals surface area contributed by atoms with Gasteiger partial charge in [0.25, 0.3) is 0 Å². The summed E-state index contributed by atoms with van der Waals surface area (Å²) in [6.45, 7) is 3.84. The van der Waals surface area contributed by atoms with E-state index in [2.05, 4.69) is 5.10 Å². The zero-order chi connectivity index (χ0) is 17.7. The smallest absolute Gasteiger partial charge is 0.309 e. The van der Waals surface area contributed by atoms with Crippen LogP contribution in [0.5, 0.6) is 11.5 Å². The topological polar surface area (TPSA) is 82.8 Å². The lowest BCUT2D eigenvalue weighted by Gasteiger charge is -2.09. The molecule has 0 aliphatic rings. The molecule has 7 heteroatoms. The lowest BCUT2D eigenvalue weighted by atomic mass is 10.0. The summed E-state index contributed by atoms with van der Waals surface area (Å²) in [5.41, 5.74) is 1.87. The van der Waals surface area contributed by atoms with Gasteiger partial charge >= 0.3 is 5.97 Å². The number of methoxy groups -OCH3 is 2. The van der Waals surface area contributed by atoms with Gasteiger partial charge in [-0.1, -0.05) is 6.92 Å². The van der Waals surface area contributed by atoms with E-state index in [4.69, 9.17) is 14.2 Å². The van der Waals surface area contributed by atoms with Crippen LogP contribution >= 0.6 is 0 Å². The van der Waals surface area contributed by atoms with Crippen molar-refractivity contribution < 1.29 is 24.2 Å². The predicted molar refractivity (Wildman–Crippen MR) is 87.5 cm³/mol. The molecule has 0 bridgehead atoms. The minimum Gasteiger partial charge on any atom is -0.493 e. The quantitative estimate of drug-likeness (QED) is 0.619. The molecule has 0 saturated heterocycles. The van der Waals surface area contributed by atoms with Crippen LogP contribution in [0.1, 0.15) is 19.5 Å². The van der Waals surface area contributed by atoms with E-state index in [1.54, 1.807) is 46.3 Å². The van der Waals surface area contributed by atoms with Gasteiger partial charge in [-0.2, -0.15) is 0 Å². The Hall–Kier alpha value is -2.70. The van der Waals surface area contributed by atoms with Crippen molar-refractivity contribution in [3.05, 3.63) is 30.0 Å². The Morgan fingerprint density at radius 3 is 2.58 bits per heavy atom. The Labute approximate surface area is 140 Å². The Morgan fingerprint density at radius 2 is 1.96 bits per heavy atom. The summed E-state index contributed by atoms with van der Waals surface area (Å²) < 4.78 is 15.5. The summed E-state index contributed by atoms with van der Waals surface area (Å²) in [5.74, 6) is 0.516. The van der Waals surface area contributed by atoms with Crippen LogP contribution in [0.4, 0.5) is 0 Å². The van der Waals surface area contributed by atoms with Gasteiger partial charge in [-0.15, -0.1) is 9.94 Å². The number of carbonyl (C=O) groups excluding carboxylic acids is 1. The number of nitrogens with zero attached hydrogens (tertiary/aromatic N) is 2. The van der Waals surface area contributed by atoms with E-state index < -0.39 is 0 Å². The van der Waals surface area contributed by atoms with E-state index in [0.29, 0.717) is 35.9 Å². The molecule has 0 aliphatic heterocycles. The monoisotopic (exact) mass is 334 g/mol. The maximum atomic E-state index is 11.7. The van der Waals surface area contributed by atoms with Crippen LogP contribution in [-0.4, -0.2) is 41.9 Å². The van der Waals surface area contributed by atoms with Gasteiger partial charge in [0.05, 0.1) is 38.1 Å². The molecule has 1 aromatic carbocycles. The van der Waals surface area contributed by atoms with E-state index in [1.807, 2.05) is 6.07 Å². The number of esters is 1. The summed E-state index contributed by atoms with van der Waals surface area (Å²) in [6.07, 6.45) is 0.329. The SMILES string of the molecule is CCOC(=O)C(C)Cc1cc(-c2ccc(OC)c(OC)c2)nn1O. The van der Waals surface area contributed by atoms with Gasteiger partial charge in [0, 0.05) is 12.0 Å². The molecular formula is C17H22N2O5. The van der Waals surface area contributed by atoms with Crippen LogP contribution in [0.15, 0.2) is 24.3 Å². The maximum Gasteiger partial charge on any atom is 0.309 e. The highest BCUT2D eigenvalue weighted by atomic mass is 16.5. The van der Waals surface area contributed by atoms with E-state index >= 15 is 0 Å². The Bertz CT molecular complexity index is 711. The van der Waals surface area contributed by atoms with Crippen LogP contribution in [0.25, 0.3) is 11.3 Å². The van der Waals surface area contributed by atoms with Gasteiger partial charge in [0.2, 0.25) is 0 Å². The van der Waals surface area contributed by atoms with Crippen molar-refractivity contribution in [2.24, 2.45) is 5.92 Å². The summed E-state index contributed by atoms with van der Waals surface area (Å²) in [5, 5.41) is 14.1. The van der Waals surface area contributed by atoms with Gasteiger partial charge in [-0.05, 0) is 31.2 Å². The fraction of sp³-hybridized carbons (Fsp3) is 0.412. The predicted octanol–water partition coefficient (Wildman–Crippen LogP) is 2.55. The standard InChI is InChI=1S/C17H22N2O5/c1-5-24-17(20)11(2)8-13-10-14(18-19(13)21)12-6-7-15(22-3)16(9-12)23-4/h6-7,9-11,21H,5,8H2,1-4H3. The molecule has 0 aliphatic carbocycles. The van der Waals surface area contributed by atoms with Crippen LogP contribution in [-0.2, 0) is 16.0 Å². The van der Waals surface area contributed by atoms with E-state index in [-0.39, 0.29) is 11.9 Å². The van der Waals surface area contributed by atoms with Crippen molar-refractivity contribution in [3.63, 3.8) is 0 Å². The number of ether oxygens (including phenoxy) is 3. The summed E-state index contributed by atoms with van der Waals surface area (Å²) in [7, 11) is 3.12. The third kappa shape index (κ3) is 3.79. The number of hydrogen-bond donors (Lipinski definition) is 1. The maximum absolute atomic E-state index is 11.7. The number of carbonyl (C=O) groups is 1. The number of aromatic nitrogens is 2. The first-order chi connectivity index (χ1) is 11.5. The molecule has 0 fully saturated rings. The summed E-state index contributed by atoms with van der Waals surface area (Å²) in [6, 6.07) is 7.10. The third-order valence-electron chi connectivity index (χ3n) is 3.65. The molecule has 1 N–H and O–H groups in total. The molecule has 1 aromatic heterocycles. The molecule has 2 aromatic rings. The highest BCUT2D eigenvalue weighted by Gasteiger charge is 2.19. The molecule has 1 unspecified atom stereocenters. The first-order valence-corrected chi connectivity index (χ1v) is 7.67. The lowest BCUT2D eigenvalue weighted by Crippen LogP contribution is -2.18. The van der Waals surface area contributed by atoms with Crippen molar-refractivity contribution in [2.45, 2.75) is 20.3 Å². The molecule has 0 amide bonds. The first kappa shape index (κ1) is 17.7. The molecule has 0 spiro atoms. The van der Waals surface area contributed by atoms with Crippen molar-refractivity contribution in [2.75, 3.05) is 20.8 Å². The second-order valence-corrected chi connectivity index (χ2v) is 5.34. The van der Waals surface area contributed by atoms with E-state index in [0.717, 1.165) is 10.4 Å². The number of benzene rings is 1. The number of rotatable bonds is 7. The first-order valence-electron chi connectivity index (χ1n) is 7.67. The Morgan fingerprint density at radius 1 is 1.25 bits per heavy atom. The molecule has 0 radical (unpaired) electrons. The molecule has 2 rings (SSSR count). The zero-order valence-electron chi connectivity index (χ0n) is 14.3. The number of hydrogen-bond acceptors (Lipinski definition) is 6. The molecule has 0 saturated carbocycles. The molecule has 24 heavy (non-hydrogen) atoms. The van der Waals surface area contributed by atoms with Crippen LogP contribution in [0.3, 0.4) is 0 Å². The average Bonchev–Trinajstić information content (AvgIpc) is 2.95. The normalized spacial score (nSPS) is 11.8. The van der Waals surface area contributed by atoms with Crippen LogP contribution < -0.4 is 9.47 Å². The van der Waals surface area contributed by atoms with Gasteiger partial charge in [0.15, 0.2) is 11.5 Å². The molecule has 1 heterocycles. The third-order valence-corrected chi connectivity index (χ3v) is 3.65.